The number of carbonyl (C=O) groups excluding carboxylic acids is 1. The first kappa shape index (κ1) is 14.8. The van der Waals surface area contributed by atoms with Crippen LogP contribution in [-0.4, -0.2) is 43.2 Å². The Labute approximate surface area is 120 Å². The highest BCUT2D eigenvalue weighted by molar-refractivity contribution is 5.71. The molecule has 0 spiro atoms. The van der Waals surface area contributed by atoms with Crippen molar-refractivity contribution in [2.75, 3.05) is 26.2 Å². The molecule has 0 saturated carbocycles. The topological polar surface area (TPSA) is 55.6 Å². The minimum atomic E-state index is -0.172. The van der Waals surface area contributed by atoms with E-state index in [0.717, 1.165) is 19.4 Å². The van der Waals surface area contributed by atoms with Crippen molar-refractivity contribution < 1.29 is 9.53 Å². The number of esters is 1. The Bertz CT molecular complexity index is 445. The number of ether oxygens (including phenoxy) is 1. The standard InChI is InChI=1S/C16H22N2O2/c17-12-15-8-4-5-10-18(15)13-16(19)20-11-9-14-6-2-1-3-7-14/h1-4,6-8,15H,5,9-13,17H2. The van der Waals surface area contributed by atoms with Gasteiger partial charge in [-0.1, -0.05) is 42.5 Å². The van der Waals surface area contributed by atoms with Gasteiger partial charge in [0.1, 0.15) is 0 Å². The van der Waals surface area contributed by atoms with Crippen molar-refractivity contribution in [3.63, 3.8) is 0 Å². The van der Waals surface area contributed by atoms with E-state index in [4.69, 9.17) is 10.5 Å². The van der Waals surface area contributed by atoms with E-state index < -0.39 is 0 Å². The molecule has 1 aliphatic heterocycles. The number of nitrogens with two attached hydrogens (primary N) is 1. The zero-order valence-corrected chi connectivity index (χ0v) is 11.7. The van der Waals surface area contributed by atoms with E-state index in [2.05, 4.69) is 17.1 Å². The maximum absolute atomic E-state index is 11.8. The van der Waals surface area contributed by atoms with Crippen molar-refractivity contribution in [1.29, 1.82) is 0 Å². The maximum Gasteiger partial charge on any atom is 0.320 e. The third kappa shape index (κ3) is 4.47. The Morgan fingerprint density at radius 2 is 2.15 bits per heavy atom. The van der Waals surface area contributed by atoms with Crippen molar-refractivity contribution in [3.8, 4) is 0 Å². The van der Waals surface area contributed by atoms with Crippen LogP contribution in [0.3, 0.4) is 0 Å². The second kappa shape index (κ2) is 7.82. The van der Waals surface area contributed by atoms with E-state index >= 15 is 0 Å². The summed E-state index contributed by atoms with van der Waals surface area (Å²) < 4.78 is 5.30. The first-order chi connectivity index (χ1) is 9.79. The molecule has 4 heteroatoms. The van der Waals surface area contributed by atoms with Crippen LogP contribution in [0, 0.1) is 0 Å². The zero-order valence-electron chi connectivity index (χ0n) is 11.7. The highest BCUT2D eigenvalue weighted by Gasteiger charge is 2.20. The molecule has 0 radical (unpaired) electrons. The highest BCUT2D eigenvalue weighted by Crippen LogP contribution is 2.09. The molecule has 0 bridgehead atoms. The Kier molecular flexibility index (Phi) is 5.77. The van der Waals surface area contributed by atoms with Crippen LogP contribution in [0.25, 0.3) is 0 Å². The summed E-state index contributed by atoms with van der Waals surface area (Å²) in [4.78, 5) is 13.9. The van der Waals surface area contributed by atoms with Gasteiger partial charge >= 0.3 is 5.97 Å². The largest absolute Gasteiger partial charge is 0.464 e. The lowest BCUT2D eigenvalue weighted by molar-refractivity contribution is -0.145. The predicted molar refractivity (Wildman–Crippen MR) is 79.3 cm³/mol. The molecule has 108 valence electrons. The Morgan fingerprint density at radius 3 is 2.90 bits per heavy atom. The van der Waals surface area contributed by atoms with E-state index in [1.165, 1.54) is 5.56 Å². The molecule has 0 saturated heterocycles. The lowest BCUT2D eigenvalue weighted by atomic mass is 10.1. The molecule has 0 amide bonds. The minimum absolute atomic E-state index is 0.158. The van der Waals surface area contributed by atoms with Gasteiger partial charge in [-0.3, -0.25) is 9.69 Å². The molecule has 0 aliphatic carbocycles. The first-order valence-corrected chi connectivity index (χ1v) is 7.10. The van der Waals surface area contributed by atoms with Gasteiger partial charge in [-0.15, -0.1) is 0 Å². The number of rotatable bonds is 6. The van der Waals surface area contributed by atoms with Crippen LogP contribution in [0.2, 0.25) is 0 Å². The molecule has 1 aromatic carbocycles. The summed E-state index contributed by atoms with van der Waals surface area (Å²) in [6, 6.07) is 10.2. The van der Waals surface area contributed by atoms with Crippen LogP contribution < -0.4 is 5.73 Å². The van der Waals surface area contributed by atoms with E-state index in [0.29, 0.717) is 19.7 Å². The van der Waals surface area contributed by atoms with Crippen molar-refractivity contribution in [2.24, 2.45) is 5.73 Å². The summed E-state index contributed by atoms with van der Waals surface area (Å²) >= 11 is 0. The van der Waals surface area contributed by atoms with Gasteiger partial charge < -0.3 is 10.5 Å². The molecule has 1 atom stereocenters. The summed E-state index contributed by atoms with van der Waals surface area (Å²) in [5.74, 6) is -0.172. The fourth-order valence-electron chi connectivity index (χ4n) is 2.34. The molecular weight excluding hydrogens is 252 g/mol. The Morgan fingerprint density at radius 1 is 1.35 bits per heavy atom. The summed E-state index contributed by atoms with van der Waals surface area (Å²) in [7, 11) is 0. The zero-order chi connectivity index (χ0) is 14.2. The van der Waals surface area contributed by atoms with Crippen LogP contribution in [0.5, 0.6) is 0 Å². The van der Waals surface area contributed by atoms with Gasteiger partial charge in [0.05, 0.1) is 13.2 Å². The van der Waals surface area contributed by atoms with Gasteiger partial charge in [-0.05, 0) is 12.0 Å². The van der Waals surface area contributed by atoms with E-state index in [1.54, 1.807) is 0 Å². The molecule has 1 unspecified atom stereocenters. The molecule has 0 fully saturated rings. The number of hydrogen-bond acceptors (Lipinski definition) is 4. The average Bonchev–Trinajstić information content (AvgIpc) is 2.49. The molecule has 2 rings (SSSR count). The summed E-state index contributed by atoms with van der Waals surface area (Å²) in [5.41, 5.74) is 6.88. The van der Waals surface area contributed by atoms with E-state index in [9.17, 15) is 4.79 Å². The van der Waals surface area contributed by atoms with Crippen molar-refractivity contribution in [2.45, 2.75) is 18.9 Å². The second-order valence-corrected chi connectivity index (χ2v) is 4.95. The molecule has 20 heavy (non-hydrogen) atoms. The van der Waals surface area contributed by atoms with Crippen LogP contribution in [0.1, 0.15) is 12.0 Å². The molecule has 1 aliphatic rings. The van der Waals surface area contributed by atoms with Gasteiger partial charge in [-0.25, -0.2) is 0 Å². The van der Waals surface area contributed by atoms with Crippen molar-refractivity contribution >= 4 is 5.97 Å². The van der Waals surface area contributed by atoms with Gasteiger partial charge in [0.15, 0.2) is 0 Å². The lowest BCUT2D eigenvalue weighted by Gasteiger charge is -2.30. The van der Waals surface area contributed by atoms with Crippen LogP contribution in [0.15, 0.2) is 42.5 Å². The van der Waals surface area contributed by atoms with Crippen LogP contribution in [0.4, 0.5) is 0 Å². The monoisotopic (exact) mass is 274 g/mol. The molecule has 0 aromatic heterocycles. The predicted octanol–water partition coefficient (Wildman–Crippen LogP) is 1.36. The number of nitrogens with zero attached hydrogens (tertiary/aromatic N) is 1. The molecule has 1 aromatic rings. The SMILES string of the molecule is NCC1C=CCCN1CC(=O)OCCc1ccccc1. The Balaban J connectivity index is 1.71. The van der Waals surface area contributed by atoms with Crippen LogP contribution >= 0.6 is 0 Å². The van der Waals surface area contributed by atoms with Gasteiger partial charge in [0.25, 0.3) is 0 Å². The summed E-state index contributed by atoms with van der Waals surface area (Å²) in [6.07, 6.45) is 5.91. The minimum Gasteiger partial charge on any atom is -0.464 e. The van der Waals surface area contributed by atoms with E-state index in [1.807, 2.05) is 30.3 Å². The smallest absolute Gasteiger partial charge is 0.320 e. The quantitative estimate of drug-likeness (QED) is 0.628. The highest BCUT2D eigenvalue weighted by atomic mass is 16.5. The lowest BCUT2D eigenvalue weighted by Crippen LogP contribution is -2.44. The average molecular weight is 274 g/mol. The maximum atomic E-state index is 11.8. The fourth-order valence-corrected chi connectivity index (χ4v) is 2.34. The number of carbonyl (C=O) groups is 1. The van der Waals surface area contributed by atoms with Gasteiger partial charge in [-0.2, -0.15) is 0 Å². The van der Waals surface area contributed by atoms with Crippen LogP contribution in [-0.2, 0) is 16.0 Å². The van der Waals surface area contributed by atoms with Gasteiger partial charge in [0, 0.05) is 25.6 Å². The second-order valence-electron chi connectivity index (χ2n) is 4.95. The van der Waals surface area contributed by atoms with Gasteiger partial charge in [0.2, 0.25) is 0 Å². The third-order valence-electron chi connectivity index (χ3n) is 3.48. The molecular formula is C16H22N2O2. The Hall–Kier alpha value is -1.65. The normalized spacial score (nSPS) is 18.9. The van der Waals surface area contributed by atoms with Crippen molar-refractivity contribution in [1.82, 2.24) is 4.90 Å². The summed E-state index contributed by atoms with van der Waals surface area (Å²) in [5, 5.41) is 0. The number of hydrogen-bond donors (Lipinski definition) is 1. The fraction of sp³-hybridized carbons (Fsp3) is 0.438. The number of benzene rings is 1. The van der Waals surface area contributed by atoms with Crippen molar-refractivity contribution in [3.05, 3.63) is 48.0 Å². The third-order valence-corrected chi connectivity index (χ3v) is 3.48. The molecule has 1 heterocycles. The summed E-state index contributed by atoms with van der Waals surface area (Å²) in [6.45, 7) is 2.15. The molecule has 4 nitrogen and oxygen atoms in total. The first-order valence-electron chi connectivity index (χ1n) is 7.10. The molecule has 2 N–H and O–H groups in total. The van der Waals surface area contributed by atoms with E-state index in [-0.39, 0.29) is 12.0 Å².